The molecule has 4 rings (SSSR count). The zero-order valence-electron chi connectivity index (χ0n) is 16.7. The largest absolute Gasteiger partial charge is 0.439 e. The fourth-order valence-corrected chi connectivity index (χ4v) is 4.18. The molecule has 2 aromatic heterocycles. The molecule has 0 unspecified atom stereocenters. The highest BCUT2D eigenvalue weighted by atomic mass is 79.9. The first-order valence-corrected chi connectivity index (χ1v) is 11.5. The maximum atomic E-state index is 12.5. The van der Waals surface area contributed by atoms with Gasteiger partial charge in [-0.3, -0.25) is 9.29 Å². The number of halogens is 1. The van der Waals surface area contributed by atoms with Crippen molar-refractivity contribution in [2.75, 3.05) is 4.72 Å². The molecular weight excluding hydrogens is 482 g/mol. The highest BCUT2D eigenvalue weighted by Crippen LogP contribution is 2.25. The van der Waals surface area contributed by atoms with E-state index in [0.29, 0.717) is 29.0 Å². The van der Waals surface area contributed by atoms with Crippen molar-refractivity contribution in [1.29, 1.82) is 0 Å². The van der Waals surface area contributed by atoms with Gasteiger partial charge >= 0.3 is 0 Å². The number of rotatable bonds is 6. The SMILES string of the molecule is Cc1nc(Oc2ccc(NS(=O)(=O)c3ccc(Br)cc3)cc2)cc(-n2ccnc2C)n1. The van der Waals surface area contributed by atoms with Crippen LogP contribution in [0.15, 0.2) is 76.4 Å². The number of benzene rings is 2. The van der Waals surface area contributed by atoms with Gasteiger partial charge < -0.3 is 4.74 Å². The lowest BCUT2D eigenvalue weighted by atomic mass is 10.3. The van der Waals surface area contributed by atoms with Crippen LogP contribution in [0.3, 0.4) is 0 Å². The van der Waals surface area contributed by atoms with Crippen LogP contribution in [-0.4, -0.2) is 27.9 Å². The minimum atomic E-state index is -3.68. The Labute approximate surface area is 188 Å². The third kappa shape index (κ3) is 4.92. The molecule has 0 amide bonds. The van der Waals surface area contributed by atoms with Crippen molar-refractivity contribution in [3.63, 3.8) is 0 Å². The van der Waals surface area contributed by atoms with E-state index in [4.69, 9.17) is 4.74 Å². The van der Waals surface area contributed by atoms with E-state index < -0.39 is 10.0 Å². The molecule has 1 N–H and O–H groups in total. The lowest BCUT2D eigenvalue weighted by Gasteiger charge is -2.11. The number of ether oxygens (including phenoxy) is 1. The van der Waals surface area contributed by atoms with Crippen LogP contribution in [0.25, 0.3) is 5.82 Å². The zero-order valence-corrected chi connectivity index (χ0v) is 19.1. The molecule has 0 aliphatic rings. The van der Waals surface area contributed by atoms with Gasteiger partial charge in [0.15, 0.2) is 0 Å². The fourth-order valence-electron chi connectivity index (χ4n) is 2.86. The number of nitrogens with zero attached hydrogens (tertiary/aromatic N) is 4. The van der Waals surface area contributed by atoms with E-state index in [1.807, 2.05) is 17.7 Å². The monoisotopic (exact) mass is 499 g/mol. The second-order valence-corrected chi connectivity index (χ2v) is 9.24. The maximum Gasteiger partial charge on any atom is 0.261 e. The minimum absolute atomic E-state index is 0.176. The first-order valence-electron chi connectivity index (χ1n) is 9.22. The Morgan fingerprint density at radius 2 is 1.71 bits per heavy atom. The van der Waals surface area contributed by atoms with Crippen molar-refractivity contribution < 1.29 is 13.2 Å². The summed E-state index contributed by atoms with van der Waals surface area (Å²) in [6.45, 7) is 3.66. The van der Waals surface area contributed by atoms with Crippen LogP contribution in [0.2, 0.25) is 0 Å². The number of aryl methyl sites for hydroxylation is 2. The molecule has 0 aliphatic heterocycles. The quantitative estimate of drug-likeness (QED) is 0.415. The van der Waals surface area contributed by atoms with Crippen LogP contribution in [-0.2, 0) is 10.0 Å². The summed E-state index contributed by atoms with van der Waals surface area (Å²) in [5, 5.41) is 0. The number of anilines is 1. The average molecular weight is 500 g/mol. The normalized spacial score (nSPS) is 11.3. The van der Waals surface area contributed by atoms with Crippen molar-refractivity contribution in [2.24, 2.45) is 0 Å². The van der Waals surface area contributed by atoms with Crippen molar-refractivity contribution in [3.05, 3.63) is 83.1 Å². The van der Waals surface area contributed by atoms with E-state index in [1.165, 1.54) is 12.1 Å². The van der Waals surface area contributed by atoms with E-state index in [0.717, 1.165) is 10.3 Å². The van der Waals surface area contributed by atoms with Crippen molar-refractivity contribution in [1.82, 2.24) is 19.5 Å². The molecule has 4 aromatic rings. The molecule has 31 heavy (non-hydrogen) atoms. The first kappa shape index (κ1) is 21.0. The third-order valence-electron chi connectivity index (χ3n) is 4.33. The summed E-state index contributed by atoms with van der Waals surface area (Å²) in [7, 11) is -3.68. The number of sulfonamides is 1. The van der Waals surface area contributed by atoms with Gasteiger partial charge in [0.1, 0.15) is 23.2 Å². The summed E-state index contributed by atoms with van der Waals surface area (Å²) in [6, 6.07) is 14.7. The van der Waals surface area contributed by atoms with Gasteiger partial charge in [-0.15, -0.1) is 0 Å². The van der Waals surface area contributed by atoms with E-state index in [2.05, 4.69) is 35.6 Å². The summed E-state index contributed by atoms with van der Waals surface area (Å²) < 4.78 is 36.1. The fraction of sp³-hybridized carbons (Fsp3) is 0.0952. The maximum absolute atomic E-state index is 12.5. The Morgan fingerprint density at radius 1 is 1.00 bits per heavy atom. The van der Waals surface area contributed by atoms with Crippen molar-refractivity contribution in [3.8, 4) is 17.4 Å². The predicted molar refractivity (Wildman–Crippen MR) is 120 cm³/mol. The Morgan fingerprint density at radius 3 is 2.35 bits per heavy atom. The number of nitrogens with one attached hydrogen (secondary N) is 1. The van der Waals surface area contributed by atoms with Crippen LogP contribution in [0, 0.1) is 13.8 Å². The number of hydrogen-bond acceptors (Lipinski definition) is 6. The molecule has 8 nitrogen and oxygen atoms in total. The molecule has 2 aromatic carbocycles. The molecule has 0 bridgehead atoms. The Balaban J connectivity index is 1.51. The summed E-state index contributed by atoms with van der Waals surface area (Å²) in [4.78, 5) is 13.1. The highest BCUT2D eigenvalue weighted by molar-refractivity contribution is 9.10. The van der Waals surface area contributed by atoms with Crippen LogP contribution in [0.5, 0.6) is 11.6 Å². The zero-order chi connectivity index (χ0) is 22.0. The van der Waals surface area contributed by atoms with Crippen LogP contribution in [0.4, 0.5) is 5.69 Å². The molecule has 0 fully saturated rings. The molecule has 158 valence electrons. The molecular formula is C21H18BrN5O3S. The van der Waals surface area contributed by atoms with Gasteiger partial charge in [-0.25, -0.2) is 18.4 Å². The van der Waals surface area contributed by atoms with Crippen LogP contribution < -0.4 is 9.46 Å². The molecule has 0 aliphatic carbocycles. The predicted octanol–water partition coefficient (Wildman–Crippen LogP) is 4.63. The Bertz CT molecular complexity index is 1320. The van der Waals surface area contributed by atoms with Gasteiger partial charge in [-0.05, 0) is 62.4 Å². The minimum Gasteiger partial charge on any atom is -0.439 e. The van der Waals surface area contributed by atoms with E-state index in [9.17, 15) is 8.42 Å². The van der Waals surface area contributed by atoms with E-state index in [1.54, 1.807) is 55.6 Å². The smallest absolute Gasteiger partial charge is 0.261 e. The number of hydrogen-bond donors (Lipinski definition) is 1. The Hall–Kier alpha value is -3.24. The van der Waals surface area contributed by atoms with Gasteiger partial charge in [-0.1, -0.05) is 15.9 Å². The van der Waals surface area contributed by atoms with Crippen LogP contribution in [0.1, 0.15) is 11.6 Å². The van der Waals surface area contributed by atoms with Gasteiger partial charge in [0, 0.05) is 28.6 Å². The topological polar surface area (TPSA) is 99.0 Å². The summed E-state index contributed by atoms with van der Waals surface area (Å²) in [5.74, 6) is 2.89. The second kappa shape index (κ2) is 8.48. The van der Waals surface area contributed by atoms with Crippen LogP contribution >= 0.6 is 15.9 Å². The summed E-state index contributed by atoms with van der Waals surface area (Å²) in [6.07, 6.45) is 3.51. The number of imidazole rings is 1. The van der Waals surface area contributed by atoms with Gasteiger partial charge in [0.05, 0.1) is 4.90 Å². The standard InChI is InChI=1S/C21H18BrN5O3S/c1-14-24-20(27-12-11-23-15(27)2)13-21(25-14)30-18-7-5-17(6-8-18)26-31(28,29)19-9-3-16(22)4-10-19/h3-13,26H,1-2H3. The van der Waals surface area contributed by atoms with Crippen molar-refractivity contribution in [2.45, 2.75) is 18.7 Å². The molecule has 0 saturated heterocycles. The lowest BCUT2D eigenvalue weighted by molar-refractivity contribution is 0.459. The van der Waals surface area contributed by atoms with Gasteiger partial charge in [0.25, 0.3) is 10.0 Å². The van der Waals surface area contributed by atoms with E-state index >= 15 is 0 Å². The molecule has 0 radical (unpaired) electrons. The van der Waals surface area contributed by atoms with Gasteiger partial charge in [0.2, 0.25) is 5.88 Å². The lowest BCUT2D eigenvalue weighted by Crippen LogP contribution is -2.12. The number of aromatic nitrogens is 4. The van der Waals surface area contributed by atoms with E-state index in [-0.39, 0.29) is 4.90 Å². The summed E-state index contributed by atoms with van der Waals surface area (Å²) >= 11 is 3.30. The van der Waals surface area contributed by atoms with Gasteiger partial charge in [-0.2, -0.15) is 4.98 Å². The molecule has 2 heterocycles. The highest BCUT2D eigenvalue weighted by Gasteiger charge is 2.14. The van der Waals surface area contributed by atoms with Crippen molar-refractivity contribution >= 4 is 31.6 Å². The Kier molecular flexibility index (Phi) is 5.75. The molecule has 10 heteroatoms. The second-order valence-electron chi connectivity index (χ2n) is 6.64. The molecule has 0 spiro atoms. The third-order valence-corrected chi connectivity index (χ3v) is 6.25. The average Bonchev–Trinajstić information content (AvgIpc) is 3.15. The molecule has 0 saturated carbocycles. The first-order chi connectivity index (χ1) is 14.8. The molecule has 0 atom stereocenters. The summed E-state index contributed by atoms with van der Waals surface area (Å²) in [5.41, 5.74) is 0.420.